The third-order valence-electron chi connectivity index (χ3n) is 2.82. The van der Waals surface area contributed by atoms with Crippen LogP contribution >= 0.6 is 15.9 Å². The molecule has 0 saturated heterocycles. The zero-order valence-electron chi connectivity index (χ0n) is 10.4. The number of nitrogens with one attached hydrogen (secondary N) is 1. The summed E-state index contributed by atoms with van der Waals surface area (Å²) in [6.07, 6.45) is 0. The molecule has 4 heteroatoms. The second-order valence-electron chi connectivity index (χ2n) is 4.24. The number of anilines is 1. The molecule has 0 heterocycles. The average molecular weight is 319 g/mol. The second-order valence-corrected chi connectivity index (χ2v) is 5.15. The van der Waals surface area contributed by atoms with Crippen LogP contribution in [0.4, 0.5) is 10.1 Å². The van der Waals surface area contributed by atoms with E-state index in [9.17, 15) is 4.39 Å². The Hall–Kier alpha value is -1.86. The van der Waals surface area contributed by atoms with Gasteiger partial charge in [-0.25, -0.2) is 4.39 Å². The van der Waals surface area contributed by atoms with Gasteiger partial charge in [0.2, 0.25) is 0 Å². The molecule has 0 saturated carbocycles. The molecule has 0 amide bonds. The lowest BCUT2D eigenvalue weighted by atomic mass is 10.1. The van der Waals surface area contributed by atoms with Gasteiger partial charge in [0.25, 0.3) is 0 Å². The quantitative estimate of drug-likeness (QED) is 0.911. The van der Waals surface area contributed by atoms with Gasteiger partial charge in [-0.05, 0) is 42.3 Å². The van der Waals surface area contributed by atoms with Gasteiger partial charge in [-0.1, -0.05) is 28.1 Å². The van der Waals surface area contributed by atoms with E-state index in [1.54, 1.807) is 19.1 Å². The van der Waals surface area contributed by atoms with Crippen LogP contribution < -0.4 is 5.32 Å². The molecule has 0 bridgehead atoms. The Kier molecular flexibility index (Phi) is 4.18. The van der Waals surface area contributed by atoms with E-state index in [1.165, 1.54) is 6.07 Å². The summed E-state index contributed by atoms with van der Waals surface area (Å²) >= 11 is 3.32. The maximum atomic E-state index is 13.4. The first-order valence-electron chi connectivity index (χ1n) is 5.78. The lowest BCUT2D eigenvalue weighted by Crippen LogP contribution is -2.02. The Balaban J connectivity index is 2.14. The van der Waals surface area contributed by atoms with Crippen molar-refractivity contribution in [3.05, 3.63) is 63.4 Å². The molecule has 0 aromatic heterocycles. The third-order valence-corrected chi connectivity index (χ3v) is 3.31. The zero-order valence-corrected chi connectivity index (χ0v) is 12.0. The minimum Gasteiger partial charge on any atom is -0.380 e. The van der Waals surface area contributed by atoms with Gasteiger partial charge in [0.05, 0.1) is 11.3 Å². The van der Waals surface area contributed by atoms with E-state index in [0.717, 1.165) is 15.7 Å². The molecule has 19 heavy (non-hydrogen) atoms. The van der Waals surface area contributed by atoms with Crippen molar-refractivity contribution in [1.82, 2.24) is 0 Å². The smallest absolute Gasteiger partial charge is 0.126 e. The SMILES string of the molecule is Cc1ccc(CNc2ccc(Br)cc2C#N)cc1F. The van der Waals surface area contributed by atoms with Gasteiger partial charge in [0.1, 0.15) is 11.9 Å². The summed E-state index contributed by atoms with van der Waals surface area (Å²) in [4.78, 5) is 0. The summed E-state index contributed by atoms with van der Waals surface area (Å²) in [7, 11) is 0. The maximum Gasteiger partial charge on any atom is 0.126 e. The number of hydrogen-bond donors (Lipinski definition) is 1. The van der Waals surface area contributed by atoms with Gasteiger partial charge >= 0.3 is 0 Å². The molecule has 0 fully saturated rings. The van der Waals surface area contributed by atoms with Crippen LogP contribution in [0.2, 0.25) is 0 Å². The lowest BCUT2D eigenvalue weighted by molar-refractivity contribution is 0.616. The molecule has 1 N–H and O–H groups in total. The number of nitriles is 1. The van der Waals surface area contributed by atoms with Crippen LogP contribution in [-0.4, -0.2) is 0 Å². The molecule has 2 aromatic carbocycles. The summed E-state index contributed by atoms with van der Waals surface area (Å²) in [5, 5.41) is 12.2. The highest BCUT2D eigenvalue weighted by molar-refractivity contribution is 9.10. The highest BCUT2D eigenvalue weighted by Gasteiger charge is 2.04. The summed E-state index contributed by atoms with van der Waals surface area (Å²) < 4.78 is 14.3. The minimum atomic E-state index is -0.212. The summed E-state index contributed by atoms with van der Waals surface area (Å²) in [6.45, 7) is 2.21. The van der Waals surface area contributed by atoms with Crippen LogP contribution in [0.3, 0.4) is 0 Å². The van der Waals surface area contributed by atoms with E-state index in [-0.39, 0.29) is 5.82 Å². The fourth-order valence-corrected chi connectivity index (χ4v) is 2.07. The van der Waals surface area contributed by atoms with Gasteiger partial charge in [-0.2, -0.15) is 5.26 Å². The first-order chi connectivity index (χ1) is 9.10. The average Bonchev–Trinajstić information content (AvgIpc) is 2.41. The number of benzene rings is 2. The second kappa shape index (κ2) is 5.85. The van der Waals surface area contributed by atoms with Crippen molar-refractivity contribution in [3.63, 3.8) is 0 Å². The molecule has 2 nitrogen and oxygen atoms in total. The molecule has 2 aromatic rings. The van der Waals surface area contributed by atoms with Crippen molar-refractivity contribution >= 4 is 21.6 Å². The van der Waals surface area contributed by atoms with E-state index >= 15 is 0 Å². The Bertz CT molecular complexity index is 647. The van der Waals surface area contributed by atoms with Gasteiger partial charge in [-0.3, -0.25) is 0 Å². The van der Waals surface area contributed by atoms with Gasteiger partial charge < -0.3 is 5.32 Å². The Morgan fingerprint density at radius 2 is 2.05 bits per heavy atom. The van der Waals surface area contributed by atoms with Gasteiger partial charge in [0.15, 0.2) is 0 Å². The standard InChI is InChI=1S/C15H12BrFN2/c1-10-2-3-11(6-14(10)17)9-19-15-5-4-13(16)7-12(15)8-18/h2-7,19H,9H2,1H3. The molecule has 0 aliphatic heterocycles. The number of aryl methyl sites for hydroxylation is 1. The minimum absolute atomic E-state index is 0.212. The fraction of sp³-hybridized carbons (Fsp3) is 0.133. The zero-order chi connectivity index (χ0) is 13.8. The Morgan fingerprint density at radius 3 is 2.74 bits per heavy atom. The van der Waals surface area contributed by atoms with Crippen molar-refractivity contribution in [1.29, 1.82) is 5.26 Å². The molecule has 2 rings (SSSR count). The lowest BCUT2D eigenvalue weighted by Gasteiger charge is -2.09. The molecule has 96 valence electrons. The van der Waals surface area contributed by atoms with Crippen LogP contribution in [0.1, 0.15) is 16.7 Å². The van der Waals surface area contributed by atoms with Crippen LogP contribution in [0.15, 0.2) is 40.9 Å². The van der Waals surface area contributed by atoms with Crippen molar-refractivity contribution in [2.24, 2.45) is 0 Å². The van der Waals surface area contributed by atoms with Crippen LogP contribution in [0.5, 0.6) is 0 Å². The summed E-state index contributed by atoms with van der Waals surface area (Å²) in [6, 6.07) is 12.7. The van der Waals surface area contributed by atoms with E-state index in [0.29, 0.717) is 17.7 Å². The molecule has 0 aliphatic rings. The van der Waals surface area contributed by atoms with E-state index in [1.807, 2.05) is 18.2 Å². The molecular formula is C15H12BrFN2. The molecule has 0 atom stereocenters. The van der Waals surface area contributed by atoms with Crippen molar-refractivity contribution < 1.29 is 4.39 Å². The van der Waals surface area contributed by atoms with Crippen LogP contribution in [0, 0.1) is 24.1 Å². The molecule has 0 spiro atoms. The molecular weight excluding hydrogens is 307 g/mol. The summed E-state index contributed by atoms with van der Waals surface area (Å²) in [5.74, 6) is -0.212. The number of nitrogens with zero attached hydrogens (tertiary/aromatic N) is 1. The monoisotopic (exact) mass is 318 g/mol. The Morgan fingerprint density at radius 1 is 1.26 bits per heavy atom. The molecule has 0 unspecified atom stereocenters. The number of halogens is 2. The van der Waals surface area contributed by atoms with Crippen molar-refractivity contribution in [3.8, 4) is 6.07 Å². The third kappa shape index (κ3) is 3.33. The van der Waals surface area contributed by atoms with E-state index < -0.39 is 0 Å². The van der Waals surface area contributed by atoms with Crippen molar-refractivity contribution in [2.75, 3.05) is 5.32 Å². The highest BCUT2D eigenvalue weighted by atomic mass is 79.9. The van der Waals surface area contributed by atoms with Crippen molar-refractivity contribution in [2.45, 2.75) is 13.5 Å². The Labute approximate surface area is 120 Å². The first-order valence-corrected chi connectivity index (χ1v) is 6.58. The summed E-state index contributed by atoms with van der Waals surface area (Å²) in [5.41, 5.74) is 2.77. The fourth-order valence-electron chi connectivity index (χ4n) is 1.71. The van der Waals surface area contributed by atoms with Crippen LogP contribution in [-0.2, 0) is 6.54 Å². The number of hydrogen-bond acceptors (Lipinski definition) is 2. The predicted octanol–water partition coefficient (Wildman–Crippen LogP) is 4.38. The van der Waals surface area contributed by atoms with Crippen LogP contribution in [0.25, 0.3) is 0 Å². The highest BCUT2D eigenvalue weighted by Crippen LogP contribution is 2.21. The number of rotatable bonds is 3. The topological polar surface area (TPSA) is 35.8 Å². The van der Waals surface area contributed by atoms with E-state index in [2.05, 4.69) is 27.3 Å². The first kappa shape index (κ1) is 13.6. The van der Waals surface area contributed by atoms with Gasteiger partial charge in [0, 0.05) is 11.0 Å². The normalized spacial score (nSPS) is 10.0. The predicted molar refractivity (Wildman–Crippen MR) is 77.3 cm³/mol. The molecule has 0 radical (unpaired) electrons. The van der Waals surface area contributed by atoms with E-state index in [4.69, 9.17) is 5.26 Å². The molecule has 0 aliphatic carbocycles. The van der Waals surface area contributed by atoms with Gasteiger partial charge in [-0.15, -0.1) is 0 Å². The maximum absolute atomic E-state index is 13.4. The largest absolute Gasteiger partial charge is 0.380 e.